The van der Waals surface area contributed by atoms with E-state index in [1.807, 2.05) is 38.2 Å². The zero-order valence-electron chi connectivity index (χ0n) is 14.9. The van der Waals surface area contributed by atoms with Gasteiger partial charge in [-0.3, -0.25) is 0 Å². The van der Waals surface area contributed by atoms with E-state index in [1.54, 1.807) is 6.07 Å². The maximum atomic E-state index is 13.6. The summed E-state index contributed by atoms with van der Waals surface area (Å²) in [6.07, 6.45) is 1.85. The lowest BCUT2D eigenvalue weighted by atomic mass is 9.90. The van der Waals surface area contributed by atoms with E-state index in [0.29, 0.717) is 20.9 Å². The van der Waals surface area contributed by atoms with Crippen molar-refractivity contribution in [2.45, 2.75) is 45.3 Å². The normalized spacial score (nSPS) is 12.2. The van der Waals surface area contributed by atoms with Crippen molar-refractivity contribution in [3.63, 3.8) is 0 Å². The van der Waals surface area contributed by atoms with Crippen LogP contribution in [0, 0.1) is 12.7 Å². The number of benzene rings is 2. The Balaban J connectivity index is 2.51. The van der Waals surface area contributed by atoms with E-state index < -0.39 is 0 Å². The van der Waals surface area contributed by atoms with Crippen LogP contribution in [0.1, 0.15) is 43.4 Å². The summed E-state index contributed by atoms with van der Waals surface area (Å²) in [5, 5.41) is 14.8. The first kappa shape index (κ1) is 18.9. The van der Waals surface area contributed by atoms with Crippen LogP contribution in [0.3, 0.4) is 0 Å². The van der Waals surface area contributed by atoms with Gasteiger partial charge < -0.3 is 10.4 Å². The van der Waals surface area contributed by atoms with Crippen LogP contribution >= 0.6 is 8.58 Å². The van der Waals surface area contributed by atoms with Crippen molar-refractivity contribution >= 4 is 13.9 Å². The molecule has 0 fully saturated rings. The monoisotopic (exact) mass is 347 g/mol. The molecule has 0 aliphatic carbocycles. The first-order valence-corrected chi connectivity index (χ1v) is 9.47. The predicted molar refractivity (Wildman–Crippen MR) is 102 cm³/mol. The molecule has 0 saturated carbocycles. The Labute approximate surface area is 146 Å². The second-order valence-corrected chi connectivity index (χ2v) is 7.96. The van der Waals surface area contributed by atoms with Gasteiger partial charge in [-0.25, -0.2) is 4.39 Å². The molecule has 2 N–H and O–H groups in total. The third kappa shape index (κ3) is 3.79. The zero-order valence-corrected chi connectivity index (χ0v) is 15.9. The van der Waals surface area contributed by atoms with Crippen LogP contribution in [0.15, 0.2) is 36.4 Å². The number of hydrogen-bond donors (Lipinski definition) is 2. The first-order chi connectivity index (χ1) is 11.5. The van der Waals surface area contributed by atoms with Gasteiger partial charge in [-0.2, -0.15) is 0 Å². The van der Waals surface area contributed by atoms with E-state index in [2.05, 4.69) is 19.2 Å². The molecule has 0 aliphatic rings. The summed E-state index contributed by atoms with van der Waals surface area (Å²) >= 11 is 0. The minimum Gasteiger partial charge on any atom is -0.507 e. The number of nitrogens with one attached hydrogen (secondary N) is 1. The number of halogens is 1. The van der Waals surface area contributed by atoms with Gasteiger partial charge in [-0.1, -0.05) is 46.7 Å². The molecular formula is C20H27FNOP. The molecule has 24 heavy (non-hydrogen) atoms. The van der Waals surface area contributed by atoms with Gasteiger partial charge in [0.25, 0.3) is 0 Å². The van der Waals surface area contributed by atoms with Crippen molar-refractivity contribution in [3.05, 3.63) is 58.9 Å². The molecule has 0 aromatic heterocycles. The fourth-order valence-corrected chi connectivity index (χ4v) is 4.89. The average Bonchev–Trinajstić information content (AvgIpc) is 2.58. The topological polar surface area (TPSA) is 32.3 Å². The van der Waals surface area contributed by atoms with E-state index in [4.69, 9.17) is 0 Å². The van der Waals surface area contributed by atoms with Gasteiger partial charge in [0.2, 0.25) is 0 Å². The highest BCUT2D eigenvalue weighted by Crippen LogP contribution is 2.50. The quantitative estimate of drug-likeness (QED) is 0.719. The summed E-state index contributed by atoms with van der Waals surface area (Å²) in [5.74, 6) is 0.191. The average molecular weight is 347 g/mol. The van der Waals surface area contributed by atoms with E-state index in [9.17, 15) is 9.50 Å². The Morgan fingerprint density at radius 1 is 1.17 bits per heavy atom. The predicted octanol–water partition coefficient (Wildman–Crippen LogP) is 4.58. The summed E-state index contributed by atoms with van der Waals surface area (Å²) in [4.78, 5) is 0. The lowest BCUT2D eigenvalue weighted by Gasteiger charge is -2.34. The fourth-order valence-electron chi connectivity index (χ4n) is 3.20. The van der Waals surface area contributed by atoms with E-state index in [0.717, 1.165) is 34.8 Å². The molecule has 0 heterocycles. The molecule has 0 aliphatic heterocycles. The maximum absolute atomic E-state index is 13.6. The second kappa shape index (κ2) is 8.09. The van der Waals surface area contributed by atoms with Crippen molar-refractivity contribution < 1.29 is 9.50 Å². The summed E-state index contributed by atoms with van der Waals surface area (Å²) in [7, 11) is 2.35. The molecule has 1 unspecified atom stereocenters. The highest BCUT2D eigenvalue weighted by molar-refractivity contribution is 7.48. The van der Waals surface area contributed by atoms with Crippen molar-refractivity contribution in [3.8, 4) is 5.75 Å². The summed E-state index contributed by atoms with van der Waals surface area (Å²) in [6.45, 7) is 6.91. The van der Waals surface area contributed by atoms with Crippen LogP contribution in [0.2, 0.25) is 0 Å². The summed E-state index contributed by atoms with van der Waals surface area (Å²) < 4.78 is 13.6. The number of rotatable bonds is 7. The van der Waals surface area contributed by atoms with E-state index >= 15 is 0 Å². The first-order valence-electron chi connectivity index (χ1n) is 8.47. The molecule has 2 nitrogen and oxygen atoms in total. The van der Waals surface area contributed by atoms with Crippen LogP contribution in [-0.2, 0) is 11.7 Å². The number of phenols is 1. The molecular weight excluding hydrogens is 320 g/mol. The van der Waals surface area contributed by atoms with Gasteiger partial charge in [0.05, 0.1) is 0 Å². The Morgan fingerprint density at radius 3 is 2.50 bits per heavy atom. The van der Waals surface area contributed by atoms with Crippen LogP contribution in [0.5, 0.6) is 5.75 Å². The molecule has 0 spiro atoms. The van der Waals surface area contributed by atoms with Gasteiger partial charge in [-0.15, -0.1) is 0 Å². The SMILES string of the molecule is CCC(CC)(Pc1ccc(F)cc1CNC)c1cccc(C)c1O. The standard InChI is InChI=1S/C20H27FNOP/c1-5-20(6-2,17-9-7-8-14(3)19(17)23)24-18-11-10-16(21)12-15(18)13-22-4/h7-12,22-24H,5-6,13H2,1-4H3. The van der Waals surface area contributed by atoms with Gasteiger partial charge in [-0.05, 0) is 55.4 Å². The van der Waals surface area contributed by atoms with Crippen LogP contribution in [-0.4, -0.2) is 12.2 Å². The largest absolute Gasteiger partial charge is 0.507 e. The smallest absolute Gasteiger partial charge is 0.123 e. The lowest BCUT2D eigenvalue weighted by molar-refractivity contribution is 0.444. The third-order valence-electron chi connectivity index (χ3n) is 4.77. The minimum absolute atomic E-state index is 0.129. The molecule has 130 valence electrons. The zero-order chi connectivity index (χ0) is 17.7. The number of phenolic OH excluding ortho intramolecular Hbond substituents is 1. The maximum Gasteiger partial charge on any atom is 0.123 e. The van der Waals surface area contributed by atoms with Crippen molar-refractivity contribution in [1.29, 1.82) is 0 Å². The van der Waals surface area contributed by atoms with E-state index in [-0.39, 0.29) is 11.0 Å². The van der Waals surface area contributed by atoms with Crippen LogP contribution < -0.4 is 10.6 Å². The van der Waals surface area contributed by atoms with Crippen molar-refractivity contribution in [2.75, 3.05) is 7.05 Å². The van der Waals surface area contributed by atoms with Gasteiger partial charge >= 0.3 is 0 Å². The molecule has 4 heteroatoms. The van der Waals surface area contributed by atoms with Crippen molar-refractivity contribution in [2.24, 2.45) is 0 Å². The van der Waals surface area contributed by atoms with Gasteiger partial charge in [0.1, 0.15) is 11.6 Å². The van der Waals surface area contributed by atoms with Gasteiger partial charge in [0, 0.05) is 17.3 Å². The van der Waals surface area contributed by atoms with Crippen LogP contribution in [0.25, 0.3) is 0 Å². The van der Waals surface area contributed by atoms with Crippen molar-refractivity contribution in [1.82, 2.24) is 5.32 Å². The molecule has 1 atom stereocenters. The second-order valence-electron chi connectivity index (χ2n) is 6.22. The summed E-state index contributed by atoms with van der Waals surface area (Å²) in [5.41, 5.74) is 2.90. The molecule has 2 rings (SSSR count). The number of para-hydroxylation sites is 1. The van der Waals surface area contributed by atoms with Crippen LogP contribution in [0.4, 0.5) is 4.39 Å². The molecule has 2 aromatic rings. The minimum atomic E-state index is -0.203. The molecule has 2 aromatic carbocycles. The Bertz CT molecular complexity index is 698. The third-order valence-corrected chi connectivity index (χ3v) is 6.98. The summed E-state index contributed by atoms with van der Waals surface area (Å²) in [6, 6.07) is 11.0. The fraction of sp³-hybridized carbons (Fsp3) is 0.400. The van der Waals surface area contributed by atoms with Gasteiger partial charge in [0.15, 0.2) is 0 Å². The molecule has 0 amide bonds. The van der Waals surface area contributed by atoms with E-state index in [1.165, 1.54) is 6.07 Å². The molecule has 0 bridgehead atoms. The highest BCUT2D eigenvalue weighted by Gasteiger charge is 2.32. The number of hydrogen-bond acceptors (Lipinski definition) is 2. The molecule has 0 radical (unpaired) electrons. The lowest BCUT2D eigenvalue weighted by Crippen LogP contribution is -2.24. The number of aromatic hydroxyl groups is 1. The highest BCUT2D eigenvalue weighted by atomic mass is 31.1. The Morgan fingerprint density at radius 2 is 1.88 bits per heavy atom. The number of aryl methyl sites for hydroxylation is 1. The Hall–Kier alpha value is -1.44. The Kier molecular flexibility index (Phi) is 6.37. The molecule has 0 saturated heterocycles.